The number of amides is 1. The van der Waals surface area contributed by atoms with Crippen molar-refractivity contribution in [3.8, 4) is 11.3 Å². The van der Waals surface area contributed by atoms with E-state index < -0.39 is 43.1 Å². The van der Waals surface area contributed by atoms with Crippen LogP contribution in [-0.4, -0.2) is 71.2 Å². The molecule has 5 heterocycles. The smallest absolute Gasteiger partial charge is 0.410 e. The molecule has 4 fully saturated rings. The van der Waals surface area contributed by atoms with Gasteiger partial charge in [-0.15, -0.1) is 5.10 Å². The number of aromatic nitrogens is 6. The van der Waals surface area contributed by atoms with Crippen molar-refractivity contribution < 1.29 is 24.9 Å². The molecule has 0 spiro atoms. The number of hydrogen-bond acceptors (Lipinski definition) is 7. The first kappa shape index (κ1) is 19.2. The fourth-order valence-corrected chi connectivity index (χ4v) is 6.11. The van der Waals surface area contributed by atoms with E-state index in [4.69, 9.17) is 15.7 Å². The minimum atomic E-state index is -3.18. The standard InChI is InChI=1S/C31H37FN8O2/c1-29(2,3)42-28(41)39(21-30-18-31(32,19-30)20-30)14-22-6-7-27-34-24(15-38(27)13-22)16-40-17-26(35-36-40)23-10-25(12-33-11-23)37-8-4-5-9-37/h6-7,10-13,15,17H,4-5,8-9,14,16,18-21H2,1-3H3/i4D2,5D2,8D2,9D2. The molecule has 2 bridgehead atoms. The van der Waals surface area contributed by atoms with Crippen molar-refractivity contribution in [3.05, 3.63) is 60.4 Å². The van der Waals surface area contributed by atoms with Crippen LogP contribution in [0.15, 0.2) is 49.2 Å². The van der Waals surface area contributed by atoms with E-state index in [0.29, 0.717) is 53.3 Å². The summed E-state index contributed by atoms with van der Waals surface area (Å²) < 4.78 is 88.9. The molecule has 8 rings (SSSR count). The first-order valence-corrected chi connectivity index (χ1v) is 13.8. The molecule has 4 aliphatic rings. The van der Waals surface area contributed by atoms with Crippen molar-refractivity contribution in [2.75, 3.05) is 24.4 Å². The number of alkyl halides is 1. The van der Waals surface area contributed by atoms with Crippen LogP contribution in [-0.2, 0) is 17.8 Å². The van der Waals surface area contributed by atoms with Crippen LogP contribution >= 0.6 is 0 Å². The molecule has 3 aliphatic carbocycles. The second kappa shape index (κ2) is 9.78. The van der Waals surface area contributed by atoms with E-state index in [1.165, 1.54) is 16.9 Å². The van der Waals surface area contributed by atoms with E-state index in [0.717, 1.165) is 11.8 Å². The van der Waals surface area contributed by atoms with Gasteiger partial charge in [-0.2, -0.15) is 0 Å². The summed E-state index contributed by atoms with van der Waals surface area (Å²) in [5.74, 6) is 0. The SMILES string of the molecule is [2H]C1([2H])N(c2cncc(-c3cn(Cc4cn5cc(CN(CC67CC(F)(C6)C7)C(=O)OC(C)(C)C)ccc5n4)nn3)c2)C([2H])([2H])C([2H])([2H])C1([2H])[2H]. The molecule has 11 heteroatoms. The van der Waals surface area contributed by atoms with Gasteiger partial charge < -0.3 is 18.9 Å². The number of anilines is 1. The highest BCUT2D eigenvalue weighted by molar-refractivity contribution is 5.68. The zero-order valence-corrected chi connectivity index (χ0v) is 23.6. The third-order valence-corrected chi connectivity index (χ3v) is 7.73. The van der Waals surface area contributed by atoms with Gasteiger partial charge in [-0.25, -0.2) is 18.9 Å². The summed E-state index contributed by atoms with van der Waals surface area (Å²) in [5, 5.41) is 8.36. The summed E-state index contributed by atoms with van der Waals surface area (Å²) in [4.78, 5) is 24.0. The molecular formula is C31H37FN8O2. The third kappa shape index (κ3) is 5.32. The second-order valence-corrected chi connectivity index (χ2v) is 12.6. The van der Waals surface area contributed by atoms with E-state index >= 15 is 0 Å². The van der Waals surface area contributed by atoms with Gasteiger partial charge in [-0.3, -0.25) is 4.98 Å². The molecule has 220 valence electrons. The van der Waals surface area contributed by atoms with Crippen molar-refractivity contribution in [2.45, 2.75) is 77.1 Å². The molecule has 0 N–H and O–H groups in total. The largest absolute Gasteiger partial charge is 0.444 e. The number of pyridine rings is 2. The summed E-state index contributed by atoms with van der Waals surface area (Å²) in [5.41, 5.74) is 0.729. The Morgan fingerprint density at radius 2 is 1.93 bits per heavy atom. The van der Waals surface area contributed by atoms with E-state index in [1.54, 1.807) is 11.1 Å². The Hall–Kier alpha value is -4.02. The predicted molar refractivity (Wildman–Crippen MR) is 156 cm³/mol. The van der Waals surface area contributed by atoms with Crippen LogP contribution in [0.5, 0.6) is 0 Å². The van der Waals surface area contributed by atoms with Gasteiger partial charge in [0.25, 0.3) is 0 Å². The lowest BCUT2D eigenvalue weighted by molar-refractivity contribution is -0.220. The first-order chi connectivity index (χ1) is 23.0. The number of carbonyl (C=O) groups excluding carboxylic acids is 1. The molecule has 1 amide bonds. The topological polar surface area (TPSA) is 93.7 Å². The zero-order chi connectivity index (χ0) is 36.3. The second-order valence-electron chi connectivity index (χ2n) is 12.6. The fourth-order valence-electron chi connectivity index (χ4n) is 6.11. The van der Waals surface area contributed by atoms with Gasteiger partial charge in [0.05, 0.1) is 36.9 Å². The number of rotatable bonds is 8. The number of fused-ring (bicyclic) bond motifs is 1. The van der Waals surface area contributed by atoms with Gasteiger partial charge in [0.1, 0.15) is 22.6 Å². The Balaban J connectivity index is 1.08. The molecule has 42 heavy (non-hydrogen) atoms. The quantitative estimate of drug-likeness (QED) is 0.280. The molecule has 10 nitrogen and oxygen atoms in total. The van der Waals surface area contributed by atoms with Crippen LogP contribution in [0, 0.1) is 5.41 Å². The molecule has 1 saturated heterocycles. The Morgan fingerprint density at radius 3 is 2.67 bits per heavy atom. The molecule has 3 saturated carbocycles. The Morgan fingerprint density at radius 1 is 1.14 bits per heavy atom. The summed E-state index contributed by atoms with van der Waals surface area (Å²) in [6.07, 6.45) is 2.50. The normalized spacial score (nSPS) is 30.7. The maximum Gasteiger partial charge on any atom is 0.410 e. The molecular weight excluding hydrogens is 535 g/mol. The molecule has 4 aromatic heterocycles. The molecule has 1 aliphatic heterocycles. The van der Waals surface area contributed by atoms with Gasteiger partial charge in [0.2, 0.25) is 0 Å². The fraction of sp³-hybridized carbons (Fsp3) is 0.516. The van der Waals surface area contributed by atoms with Crippen LogP contribution in [0.25, 0.3) is 16.9 Å². The maximum absolute atomic E-state index is 14.3. The zero-order valence-electron chi connectivity index (χ0n) is 31.6. The Labute approximate surface area is 255 Å². The minimum absolute atomic E-state index is 0.158. The average molecular weight is 581 g/mol. The number of hydrogen-bond donors (Lipinski definition) is 0. The summed E-state index contributed by atoms with van der Waals surface area (Å²) >= 11 is 0. The monoisotopic (exact) mass is 580 g/mol. The first-order valence-electron chi connectivity index (χ1n) is 17.8. The highest BCUT2D eigenvalue weighted by atomic mass is 19.1. The van der Waals surface area contributed by atoms with Crippen LogP contribution < -0.4 is 4.90 Å². The molecule has 4 aromatic rings. The van der Waals surface area contributed by atoms with Crippen molar-refractivity contribution in [2.24, 2.45) is 5.41 Å². The third-order valence-electron chi connectivity index (χ3n) is 7.73. The minimum Gasteiger partial charge on any atom is -0.444 e. The number of carbonyl (C=O) groups is 1. The Bertz CT molecular complexity index is 1950. The van der Waals surface area contributed by atoms with Crippen LogP contribution in [0.3, 0.4) is 0 Å². The lowest BCUT2D eigenvalue weighted by atomic mass is 9.42. The van der Waals surface area contributed by atoms with E-state index in [1.807, 2.05) is 49.7 Å². The van der Waals surface area contributed by atoms with Gasteiger partial charge in [0, 0.05) is 54.7 Å². The molecule has 0 radical (unpaired) electrons. The van der Waals surface area contributed by atoms with Crippen molar-refractivity contribution in [1.82, 2.24) is 34.3 Å². The molecule has 0 atom stereocenters. The molecule has 0 unspecified atom stereocenters. The molecule has 0 aromatic carbocycles. The lowest BCUT2D eigenvalue weighted by Gasteiger charge is -2.66. The summed E-state index contributed by atoms with van der Waals surface area (Å²) in [6, 6.07) is 5.09. The predicted octanol–water partition coefficient (Wildman–Crippen LogP) is 5.27. The maximum atomic E-state index is 14.3. The van der Waals surface area contributed by atoms with Gasteiger partial charge in [-0.05, 0) is 75.9 Å². The van der Waals surface area contributed by atoms with Crippen LogP contribution in [0.1, 0.15) is 75.0 Å². The Kier molecular flexibility index (Phi) is 4.47. The number of ether oxygens (including phenoxy) is 1. The van der Waals surface area contributed by atoms with Gasteiger partial charge >= 0.3 is 6.09 Å². The highest BCUT2D eigenvalue weighted by Gasteiger charge is 2.69. The number of halogens is 1. The van der Waals surface area contributed by atoms with Crippen molar-refractivity contribution in [1.29, 1.82) is 0 Å². The number of nitrogens with zero attached hydrogens (tertiary/aromatic N) is 8. The average Bonchev–Trinajstić information content (AvgIpc) is 3.61. The van der Waals surface area contributed by atoms with E-state index in [9.17, 15) is 9.18 Å². The van der Waals surface area contributed by atoms with Gasteiger partial charge in [-0.1, -0.05) is 11.3 Å². The van der Waals surface area contributed by atoms with Crippen molar-refractivity contribution in [3.63, 3.8) is 0 Å². The van der Waals surface area contributed by atoms with E-state index in [2.05, 4.69) is 20.3 Å². The number of imidazole rings is 1. The lowest BCUT2D eigenvalue weighted by Crippen LogP contribution is -2.68. The van der Waals surface area contributed by atoms with Crippen molar-refractivity contribution >= 4 is 17.4 Å². The van der Waals surface area contributed by atoms with Crippen LogP contribution in [0.2, 0.25) is 0 Å². The highest BCUT2D eigenvalue weighted by Crippen LogP contribution is 2.69. The van der Waals surface area contributed by atoms with Gasteiger partial charge in [0.15, 0.2) is 0 Å². The summed E-state index contributed by atoms with van der Waals surface area (Å²) in [6.45, 7) is 0.303. The van der Waals surface area contributed by atoms with Crippen LogP contribution in [0.4, 0.5) is 14.9 Å². The summed E-state index contributed by atoms with van der Waals surface area (Å²) in [7, 11) is 0. The van der Waals surface area contributed by atoms with E-state index in [-0.39, 0.29) is 24.2 Å².